The van der Waals surface area contributed by atoms with Crippen LogP contribution in [-0.2, 0) is 10.0 Å². The van der Waals surface area contributed by atoms with Crippen molar-refractivity contribution in [2.24, 2.45) is 5.14 Å². The normalized spacial score (nSPS) is 16.2. The molecule has 0 spiro atoms. The number of ether oxygens (including phenoxy) is 2. The fourth-order valence-electron chi connectivity index (χ4n) is 2.94. The lowest BCUT2D eigenvalue weighted by molar-refractivity contribution is 0.174. The molecule has 2 aliphatic heterocycles. The van der Waals surface area contributed by atoms with Crippen molar-refractivity contribution in [2.75, 3.05) is 24.8 Å². The van der Waals surface area contributed by atoms with Crippen molar-refractivity contribution in [3.8, 4) is 22.6 Å². The Morgan fingerprint density at radius 2 is 1.88 bits per heavy atom. The van der Waals surface area contributed by atoms with Gasteiger partial charge >= 0.3 is 6.03 Å². The number of rotatable bonds is 3. The van der Waals surface area contributed by atoms with Gasteiger partial charge in [-0.1, -0.05) is 6.07 Å². The van der Waals surface area contributed by atoms with Gasteiger partial charge in [0.25, 0.3) is 0 Å². The highest BCUT2D eigenvalue weighted by Gasteiger charge is 2.24. The van der Waals surface area contributed by atoms with Crippen LogP contribution in [0.25, 0.3) is 11.1 Å². The highest BCUT2D eigenvalue weighted by molar-refractivity contribution is 7.89. The lowest BCUT2D eigenvalue weighted by Gasteiger charge is -2.17. The van der Waals surface area contributed by atoms with E-state index < -0.39 is 10.0 Å². The van der Waals surface area contributed by atoms with Crippen LogP contribution in [0.5, 0.6) is 11.5 Å². The molecule has 1 saturated heterocycles. The summed E-state index contributed by atoms with van der Waals surface area (Å²) < 4.78 is 34.6. The van der Waals surface area contributed by atoms with E-state index in [-0.39, 0.29) is 17.7 Å². The predicted octanol–water partition coefficient (Wildman–Crippen LogP) is 1.26. The minimum atomic E-state index is -3.94. The monoisotopic (exact) mass is 361 g/mol. The molecule has 0 unspecified atom stereocenters. The molecular formula is C16H15N3O5S. The second kappa shape index (κ2) is 5.64. The van der Waals surface area contributed by atoms with E-state index >= 15 is 0 Å². The van der Waals surface area contributed by atoms with Crippen LogP contribution in [0.1, 0.15) is 0 Å². The average Bonchev–Trinajstić information content (AvgIpc) is 3.21. The van der Waals surface area contributed by atoms with Gasteiger partial charge in [0.05, 0.1) is 4.90 Å². The van der Waals surface area contributed by atoms with Gasteiger partial charge in [-0.15, -0.1) is 0 Å². The molecule has 2 amide bonds. The Morgan fingerprint density at radius 1 is 1.08 bits per heavy atom. The Morgan fingerprint density at radius 3 is 2.60 bits per heavy atom. The molecule has 130 valence electrons. The number of nitrogens with zero attached hydrogens (tertiary/aromatic N) is 1. The van der Waals surface area contributed by atoms with E-state index in [4.69, 9.17) is 14.6 Å². The maximum absolute atomic E-state index is 12.0. The summed E-state index contributed by atoms with van der Waals surface area (Å²) in [6.07, 6.45) is 0. The van der Waals surface area contributed by atoms with Crippen LogP contribution in [0.2, 0.25) is 0 Å². The van der Waals surface area contributed by atoms with Crippen molar-refractivity contribution in [3.05, 3.63) is 36.4 Å². The zero-order valence-electron chi connectivity index (χ0n) is 13.1. The first-order valence-corrected chi connectivity index (χ1v) is 9.10. The van der Waals surface area contributed by atoms with Gasteiger partial charge in [0.15, 0.2) is 11.5 Å². The lowest BCUT2D eigenvalue weighted by Crippen LogP contribution is -2.27. The molecule has 9 heteroatoms. The van der Waals surface area contributed by atoms with Crippen LogP contribution in [0, 0.1) is 0 Å². The van der Waals surface area contributed by atoms with Crippen molar-refractivity contribution in [1.82, 2.24) is 5.32 Å². The molecule has 0 atom stereocenters. The van der Waals surface area contributed by atoms with E-state index in [0.29, 0.717) is 41.4 Å². The number of carbonyl (C=O) groups excluding carboxylic acids is 1. The summed E-state index contributed by atoms with van der Waals surface area (Å²) in [6, 6.07) is 9.53. The van der Waals surface area contributed by atoms with E-state index in [2.05, 4.69) is 5.32 Å². The zero-order chi connectivity index (χ0) is 17.6. The van der Waals surface area contributed by atoms with Gasteiger partial charge in [-0.25, -0.2) is 18.4 Å². The fourth-order valence-corrected chi connectivity index (χ4v) is 3.68. The third kappa shape index (κ3) is 2.77. The van der Waals surface area contributed by atoms with Crippen LogP contribution >= 0.6 is 0 Å². The third-order valence-electron chi connectivity index (χ3n) is 4.12. The SMILES string of the molecule is NS(=O)(=O)c1ccc(N2CCNC2=O)cc1-c1ccc2c(c1)OCO2. The molecule has 4 rings (SSSR count). The summed E-state index contributed by atoms with van der Waals surface area (Å²) in [4.78, 5) is 13.4. The van der Waals surface area contributed by atoms with Crippen LogP contribution in [-0.4, -0.2) is 34.3 Å². The van der Waals surface area contributed by atoms with E-state index in [9.17, 15) is 13.2 Å². The van der Waals surface area contributed by atoms with Crippen molar-refractivity contribution in [3.63, 3.8) is 0 Å². The minimum absolute atomic E-state index is 0.0188. The second-order valence-corrected chi connectivity index (χ2v) is 7.21. The molecule has 0 saturated carbocycles. The molecular weight excluding hydrogens is 346 g/mol. The van der Waals surface area contributed by atoms with Crippen LogP contribution in [0.15, 0.2) is 41.3 Å². The summed E-state index contributed by atoms with van der Waals surface area (Å²) in [5.41, 5.74) is 1.60. The van der Waals surface area contributed by atoms with E-state index in [1.54, 1.807) is 35.2 Å². The van der Waals surface area contributed by atoms with Gasteiger partial charge in [0.1, 0.15) is 0 Å². The topological polar surface area (TPSA) is 111 Å². The molecule has 0 radical (unpaired) electrons. The molecule has 0 aromatic heterocycles. The van der Waals surface area contributed by atoms with Gasteiger partial charge in [-0.05, 0) is 35.9 Å². The number of fused-ring (bicyclic) bond motifs is 1. The number of hydrogen-bond acceptors (Lipinski definition) is 5. The first-order chi connectivity index (χ1) is 11.9. The molecule has 2 aromatic carbocycles. The van der Waals surface area contributed by atoms with Crippen molar-refractivity contribution in [2.45, 2.75) is 4.90 Å². The summed E-state index contributed by atoms with van der Waals surface area (Å²) >= 11 is 0. The maximum atomic E-state index is 12.0. The Kier molecular flexibility index (Phi) is 3.55. The Balaban J connectivity index is 1.87. The van der Waals surface area contributed by atoms with Crippen molar-refractivity contribution >= 4 is 21.7 Å². The van der Waals surface area contributed by atoms with Gasteiger partial charge in [0, 0.05) is 24.3 Å². The number of anilines is 1. The van der Waals surface area contributed by atoms with E-state index in [1.807, 2.05) is 0 Å². The zero-order valence-corrected chi connectivity index (χ0v) is 13.9. The maximum Gasteiger partial charge on any atom is 0.321 e. The van der Waals surface area contributed by atoms with Gasteiger partial charge in [-0.3, -0.25) is 4.90 Å². The first-order valence-electron chi connectivity index (χ1n) is 7.56. The lowest BCUT2D eigenvalue weighted by atomic mass is 10.0. The third-order valence-corrected chi connectivity index (χ3v) is 5.09. The molecule has 25 heavy (non-hydrogen) atoms. The molecule has 0 aliphatic carbocycles. The number of urea groups is 1. The summed E-state index contributed by atoms with van der Waals surface area (Å²) in [7, 11) is -3.94. The Bertz CT molecular complexity index is 974. The number of nitrogens with one attached hydrogen (secondary N) is 1. The van der Waals surface area contributed by atoms with Crippen molar-refractivity contribution < 1.29 is 22.7 Å². The molecule has 8 nitrogen and oxygen atoms in total. The van der Waals surface area contributed by atoms with Crippen LogP contribution < -0.4 is 24.8 Å². The Labute approximate surface area is 144 Å². The predicted molar refractivity (Wildman–Crippen MR) is 90.1 cm³/mol. The number of nitrogens with two attached hydrogens (primary N) is 1. The molecule has 2 heterocycles. The highest BCUT2D eigenvalue weighted by Crippen LogP contribution is 2.38. The van der Waals surface area contributed by atoms with Crippen LogP contribution in [0.3, 0.4) is 0 Å². The molecule has 1 fully saturated rings. The fraction of sp³-hybridized carbons (Fsp3) is 0.188. The molecule has 0 bridgehead atoms. The summed E-state index contributed by atoms with van der Waals surface area (Å²) in [5.74, 6) is 1.12. The first kappa shape index (κ1) is 15.7. The van der Waals surface area contributed by atoms with Crippen molar-refractivity contribution in [1.29, 1.82) is 0 Å². The standard InChI is InChI=1S/C16H15N3O5S/c17-25(21,22)15-4-2-11(19-6-5-18-16(19)20)8-12(15)10-1-3-13-14(7-10)24-9-23-13/h1-4,7-8H,5-6,9H2,(H,18,20)(H2,17,21,22). The molecule has 2 aliphatic rings. The Hall–Kier alpha value is -2.78. The van der Waals surface area contributed by atoms with E-state index in [1.165, 1.54) is 6.07 Å². The summed E-state index contributed by atoms with van der Waals surface area (Å²) in [5, 5.41) is 8.08. The second-order valence-electron chi connectivity index (χ2n) is 5.68. The number of sulfonamides is 1. The van der Waals surface area contributed by atoms with Gasteiger partial charge in [-0.2, -0.15) is 0 Å². The van der Waals surface area contributed by atoms with Gasteiger partial charge in [0.2, 0.25) is 16.8 Å². The van der Waals surface area contributed by atoms with E-state index in [0.717, 1.165) is 0 Å². The number of amides is 2. The summed E-state index contributed by atoms with van der Waals surface area (Å²) in [6.45, 7) is 1.16. The number of carbonyl (C=O) groups is 1. The highest BCUT2D eigenvalue weighted by atomic mass is 32.2. The quantitative estimate of drug-likeness (QED) is 0.855. The molecule has 2 aromatic rings. The number of primary sulfonamides is 1. The average molecular weight is 361 g/mol. The smallest absolute Gasteiger partial charge is 0.321 e. The molecule has 3 N–H and O–H groups in total. The van der Waals surface area contributed by atoms with Gasteiger partial charge < -0.3 is 14.8 Å². The number of hydrogen-bond donors (Lipinski definition) is 2. The minimum Gasteiger partial charge on any atom is -0.454 e. The largest absolute Gasteiger partial charge is 0.454 e. The van der Waals surface area contributed by atoms with Crippen LogP contribution in [0.4, 0.5) is 10.5 Å². The number of benzene rings is 2.